The Bertz CT molecular complexity index is 1030. The number of rotatable bonds is 3. The van der Waals surface area contributed by atoms with Gasteiger partial charge in [0.25, 0.3) is 5.95 Å². The summed E-state index contributed by atoms with van der Waals surface area (Å²) in [6.45, 7) is 8.03. The number of fused-ring (bicyclic) bond motifs is 1. The Morgan fingerprint density at radius 3 is 2.41 bits per heavy atom. The number of hydrogen-bond acceptors (Lipinski definition) is 5. The fraction of sp³-hybridized carbons (Fsp3) is 0.333. The molecule has 0 unspecified atom stereocenters. The second-order valence-electron chi connectivity index (χ2n) is 7.23. The zero-order valence-corrected chi connectivity index (χ0v) is 16.1. The van der Waals surface area contributed by atoms with Gasteiger partial charge in [-0.15, -0.1) is 5.10 Å². The highest BCUT2D eigenvalue weighted by Gasteiger charge is 2.28. The van der Waals surface area contributed by atoms with Crippen LogP contribution in [0.1, 0.15) is 51.4 Å². The maximum Gasteiger partial charge on any atom is 0.251 e. The largest absolute Gasteiger partial charge is 0.338 e. The average molecular weight is 361 g/mol. The lowest BCUT2D eigenvalue weighted by Crippen LogP contribution is -2.15. The number of carbonyl (C=O) groups is 1. The van der Waals surface area contributed by atoms with Gasteiger partial charge < -0.3 is 5.32 Å². The highest BCUT2D eigenvalue weighted by Crippen LogP contribution is 2.31. The van der Waals surface area contributed by atoms with Gasteiger partial charge in [0.1, 0.15) is 0 Å². The topological polar surface area (TPSA) is 72.7 Å². The molecule has 6 heteroatoms. The highest BCUT2D eigenvalue weighted by atomic mass is 16.1. The number of aromatic nitrogens is 4. The van der Waals surface area contributed by atoms with Crippen LogP contribution in [-0.4, -0.2) is 25.5 Å². The first-order valence-corrected chi connectivity index (χ1v) is 9.24. The molecule has 3 aromatic rings. The monoisotopic (exact) mass is 361 g/mol. The van der Waals surface area contributed by atoms with E-state index in [0.717, 1.165) is 35.6 Å². The number of carbonyl (C=O) groups excluding carboxylic acids is 1. The summed E-state index contributed by atoms with van der Waals surface area (Å²) < 4.78 is 1.73. The van der Waals surface area contributed by atoms with Crippen LogP contribution >= 0.6 is 0 Å². The van der Waals surface area contributed by atoms with Crippen molar-refractivity contribution in [2.45, 2.75) is 47.0 Å². The first-order chi connectivity index (χ1) is 12.9. The average Bonchev–Trinajstić information content (AvgIpc) is 2.97. The molecule has 0 amide bonds. The van der Waals surface area contributed by atoms with Crippen LogP contribution in [0.5, 0.6) is 0 Å². The molecule has 1 aromatic carbocycles. The van der Waals surface area contributed by atoms with Gasteiger partial charge in [0.05, 0.1) is 11.3 Å². The number of anilines is 2. The highest BCUT2D eigenvalue weighted by molar-refractivity contribution is 6.03. The van der Waals surface area contributed by atoms with Crippen LogP contribution in [0, 0.1) is 27.7 Å². The maximum absolute atomic E-state index is 12.7. The minimum atomic E-state index is 0.123. The lowest BCUT2D eigenvalue weighted by Gasteiger charge is -2.13. The quantitative estimate of drug-likeness (QED) is 0.758. The lowest BCUT2D eigenvalue weighted by molar-refractivity contribution is 0.0973. The zero-order valence-electron chi connectivity index (χ0n) is 16.1. The van der Waals surface area contributed by atoms with E-state index in [1.165, 1.54) is 11.1 Å². The van der Waals surface area contributed by atoms with Gasteiger partial charge in [0.2, 0.25) is 0 Å². The molecule has 4 rings (SSSR count). The van der Waals surface area contributed by atoms with E-state index in [0.29, 0.717) is 23.8 Å². The second-order valence-corrected chi connectivity index (χ2v) is 7.23. The maximum atomic E-state index is 12.7. The Balaban J connectivity index is 1.83. The molecule has 6 nitrogen and oxygen atoms in total. The molecule has 1 aliphatic carbocycles. The smallest absolute Gasteiger partial charge is 0.251 e. The molecule has 1 N–H and O–H groups in total. The third-order valence-electron chi connectivity index (χ3n) is 5.01. The molecule has 27 heavy (non-hydrogen) atoms. The molecule has 0 fully saturated rings. The van der Waals surface area contributed by atoms with Gasteiger partial charge in [-0.1, -0.05) is 6.07 Å². The lowest BCUT2D eigenvalue weighted by atomic mass is 9.96. The Morgan fingerprint density at radius 1 is 0.963 bits per heavy atom. The zero-order chi connectivity index (χ0) is 19.1. The van der Waals surface area contributed by atoms with E-state index in [1.807, 2.05) is 26.0 Å². The van der Waals surface area contributed by atoms with Gasteiger partial charge in [-0.2, -0.15) is 0 Å². The number of Topliss-reactive ketones (excluding diaryl/α,β-unsaturated/α-hetero) is 1. The number of aryl methyl sites for hydroxylation is 4. The molecule has 0 aliphatic heterocycles. The van der Waals surface area contributed by atoms with Gasteiger partial charge in [0.15, 0.2) is 11.6 Å². The minimum absolute atomic E-state index is 0.123. The van der Waals surface area contributed by atoms with Crippen molar-refractivity contribution in [2.75, 3.05) is 5.32 Å². The van der Waals surface area contributed by atoms with E-state index in [2.05, 4.69) is 41.3 Å². The van der Waals surface area contributed by atoms with Crippen molar-refractivity contribution in [3.05, 3.63) is 58.0 Å². The summed E-state index contributed by atoms with van der Waals surface area (Å²) >= 11 is 0. The summed E-state index contributed by atoms with van der Waals surface area (Å²) in [6, 6.07) is 8.07. The van der Waals surface area contributed by atoms with Crippen LogP contribution in [-0.2, 0) is 6.42 Å². The predicted molar refractivity (Wildman–Crippen MR) is 105 cm³/mol. The van der Waals surface area contributed by atoms with E-state index in [1.54, 1.807) is 4.68 Å². The molecular weight excluding hydrogens is 338 g/mol. The number of nitrogens with zero attached hydrogens (tertiary/aromatic N) is 4. The van der Waals surface area contributed by atoms with Crippen molar-refractivity contribution >= 4 is 17.3 Å². The van der Waals surface area contributed by atoms with Crippen LogP contribution in [0.15, 0.2) is 24.3 Å². The number of ketones is 1. The molecule has 2 heterocycles. The molecule has 0 radical (unpaired) electrons. The molecule has 0 atom stereocenters. The number of hydrogen-bond donors (Lipinski definition) is 1. The molecule has 0 bridgehead atoms. The van der Waals surface area contributed by atoms with E-state index < -0.39 is 0 Å². The number of benzene rings is 1. The molecule has 2 aromatic heterocycles. The van der Waals surface area contributed by atoms with Crippen LogP contribution in [0.2, 0.25) is 0 Å². The third kappa shape index (κ3) is 3.23. The third-order valence-corrected chi connectivity index (χ3v) is 5.01. The molecular formula is C21H23N5O. The van der Waals surface area contributed by atoms with E-state index >= 15 is 0 Å². The van der Waals surface area contributed by atoms with Gasteiger partial charge in [-0.05, 0) is 69.9 Å². The van der Waals surface area contributed by atoms with Crippen molar-refractivity contribution < 1.29 is 4.79 Å². The fourth-order valence-corrected chi connectivity index (χ4v) is 3.53. The second kappa shape index (κ2) is 6.61. The van der Waals surface area contributed by atoms with Crippen molar-refractivity contribution in [1.82, 2.24) is 19.7 Å². The predicted octanol–water partition coefficient (Wildman–Crippen LogP) is 4.16. The summed E-state index contributed by atoms with van der Waals surface area (Å²) in [6.07, 6.45) is 2.17. The summed E-state index contributed by atoms with van der Waals surface area (Å²) in [7, 11) is 0. The van der Waals surface area contributed by atoms with Crippen LogP contribution in [0.25, 0.3) is 5.95 Å². The van der Waals surface area contributed by atoms with E-state index in [4.69, 9.17) is 5.10 Å². The van der Waals surface area contributed by atoms with E-state index in [-0.39, 0.29) is 5.78 Å². The van der Waals surface area contributed by atoms with Gasteiger partial charge in [-0.3, -0.25) is 4.79 Å². The van der Waals surface area contributed by atoms with Gasteiger partial charge in [-0.25, -0.2) is 14.6 Å². The summed E-state index contributed by atoms with van der Waals surface area (Å²) in [5.41, 5.74) is 6.67. The van der Waals surface area contributed by atoms with Gasteiger partial charge in [0, 0.05) is 23.5 Å². The van der Waals surface area contributed by atoms with Crippen molar-refractivity contribution in [1.29, 1.82) is 0 Å². The normalized spacial score (nSPS) is 13.6. The van der Waals surface area contributed by atoms with Crippen LogP contribution in [0.3, 0.4) is 0 Å². The van der Waals surface area contributed by atoms with Crippen LogP contribution < -0.4 is 5.32 Å². The molecule has 0 saturated heterocycles. The van der Waals surface area contributed by atoms with E-state index in [9.17, 15) is 4.79 Å². The molecule has 138 valence electrons. The SMILES string of the molecule is Cc1cc(C)nc(-n2nc(Nc3ccc(C)c(C)c3)c3c2CCCC3=O)n1. The Morgan fingerprint density at radius 2 is 1.70 bits per heavy atom. The van der Waals surface area contributed by atoms with Gasteiger partial charge >= 0.3 is 0 Å². The summed E-state index contributed by atoms with van der Waals surface area (Å²) in [4.78, 5) is 21.7. The van der Waals surface area contributed by atoms with Crippen molar-refractivity contribution in [3.8, 4) is 5.95 Å². The number of nitrogens with one attached hydrogen (secondary N) is 1. The van der Waals surface area contributed by atoms with Crippen molar-refractivity contribution in [3.63, 3.8) is 0 Å². The first kappa shape index (κ1) is 17.4. The summed E-state index contributed by atoms with van der Waals surface area (Å²) in [5, 5.41) is 8.04. The fourth-order valence-electron chi connectivity index (χ4n) is 3.53. The first-order valence-electron chi connectivity index (χ1n) is 9.24. The Hall–Kier alpha value is -3.02. The van der Waals surface area contributed by atoms with Crippen molar-refractivity contribution in [2.24, 2.45) is 0 Å². The Labute approximate surface area is 158 Å². The van der Waals surface area contributed by atoms with Crippen LogP contribution in [0.4, 0.5) is 11.5 Å². The Kier molecular flexibility index (Phi) is 4.26. The standard InChI is InChI=1S/C21H23N5O/c1-12-8-9-16(10-13(12)2)24-20-19-17(6-5-7-18(19)27)26(25-20)21-22-14(3)11-15(4)23-21/h8-11H,5-7H2,1-4H3,(H,24,25). The molecule has 0 spiro atoms. The minimum Gasteiger partial charge on any atom is -0.338 e. The molecule has 0 saturated carbocycles. The summed E-state index contributed by atoms with van der Waals surface area (Å²) in [5.74, 6) is 1.23. The molecule has 1 aliphatic rings.